The van der Waals surface area contributed by atoms with E-state index in [0.717, 1.165) is 0 Å². The van der Waals surface area contributed by atoms with Gasteiger partial charge in [0, 0.05) is 16.3 Å². The summed E-state index contributed by atoms with van der Waals surface area (Å²) in [7, 11) is 4.50. The number of nitrogens with zero attached hydrogens (tertiary/aromatic N) is 2. The van der Waals surface area contributed by atoms with Gasteiger partial charge in [0.25, 0.3) is 5.69 Å². The van der Waals surface area contributed by atoms with E-state index < -0.39 is 0 Å². The predicted octanol–water partition coefficient (Wildman–Crippen LogP) is 2.37. The Morgan fingerprint density at radius 2 is 1.56 bits per heavy atom. The number of aromatic hydroxyl groups is 1. The van der Waals surface area contributed by atoms with Gasteiger partial charge in [0.1, 0.15) is 5.75 Å². The van der Waals surface area contributed by atoms with Gasteiger partial charge in [-0.25, -0.2) is 0 Å². The van der Waals surface area contributed by atoms with E-state index >= 15 is 0 Å². The van der Waals surface area contributed by atoms with Crippen LogP contribution >= 0.6 is 0 Å². The van der Waals surface area contributed by atoms with Crippen LogP contribution in [0, 0.1) is 5.21 Å². The van der Waals surface area contributed by atoms with E-state index in [1.54, 1.807) is 24.3 Å². The summed E-state index contributed by atoms with van der Waals surface area (Å²) in [5.74, 6) is 1.37. The van der Waals surface area contributed by atoms with Gasteiger partial charge in [-0.05, 0) is 41.3 Å². The van der Waals surface area contributed by atoms with Crippen molar-refractivity contribution >= 4 is 0 Å². The van der Waals surface area contributed by atoms with Crippen LogP contribution in [0.3, 0.4) is 0 Å². The highest BCUT2D eigenvalue weighted by atomic mass is 16.8. The van der Waals surface area contributed by atoms with Gasteiger partial charge in [0.2, 0.25) is 11.4 Å². The van der Waals surface area contributed by atoms with Crippen molar-refractivity contribution in [3.8, 4) is 45.5 Å². The second-order valence-electron chi connectivity index (χ2n) is 5.09. The van der Waals surface area contributed by atoms with Crippen LogP contribution in [-0.2, 0) is 0 Å². The van der Waals surface area contributed by atoms with Crippen LogP contribution in [0.15, 0.2) is 41.0 Å². The topological polar surface area (TPSA) is 101 Å². The van der Waals surface area contributed by atoms with Gasteiger partial charge in [-0.3, -0.25) is 4.63 Å². The van der Waals surface area contributed by atoms with Crippen LogP contribution in [0.4, 0.5) is 0 Å². The maximum atomic E-state index is 12.1. The molecule has 3 rings (SSSR count). The van der Waals surface area contributed by atoms with Gasteiger partial charge < -0.3 is 24.5 Å². The van der Waals surface area contributed by atoms with Crippen molar-refractivity contribution in [1.29, 1.82) is 0 Å². The normalized spacial score (nSPS) is 10.5. The molecule has 0 spiro atoms. The van der Waals surface area contributed by atoms with E-state index in [2.05, 4.69) is 5.16 Å². The van der Waals surface area contributed by atoms with Crippen molar-refractivity contribution in [2.45, 2.75) is 0 Å². The molecule has 0 radical (unpaired) electrons. The predicted molar refractivity (Wildman–Crippen MR) is 87.7 cm³/mol. The van der Waals surface area contributed by atoms with Crippen LogP contribution in [0.2, 0.25) is 0 Å². The Bertz CT molecular complexity index is 864. The molecule has 1 N–H and O–H groups in total. The second-order valence-corrected chi connectivity index (χ2v) is 5.09. The van der Waals surface area contributed by atoms with E-state index in [-0.39, 0.29) is 11.4 Å². The molecule has 25 heavy (non-hydrogen) atoms. The first kappa shape index (κ1) is 16.4. The molecule has 2 aromatic carbocycles. The molecular formula is C17H16N2O6. The quantitative estimate of drug-likeness (QED) is 0.709. The molecule has 1 heterocycles. The zero-order valence-corrected chi connectivity index (χ0v) is 13.8. The van der Waals surface area contributed by atoms with Gasteiger partial charge >= 0.3 is 0 Å². The van der Waals surface area contributed by atoms with Crippen molar-refractivity contribution in [3.63, 3.8) is 0 Å². The Balaban J connectivity index is 2.19. The average Bonchev–Trinajstić information content (AvgIpc) is 3.02. The number of phenols is 1. The van der Waals surface area contributed by atoms with Crippen molar-refractivity contribution in [2.24, 2.45) is 0 Å². The molecule has 3 aromatic rings. The Labute approximate surface area is 143 Å². The van der Waals surface area contributed by atoms with Crippen molar-refractivity contribution in [2.75, 3.05) is 21.3 Å². The lowest BCUT2D eigenvalue weighted by molar-refractivity contribution is -0.793. The molecule has 8 heteroatoms. The minimum Gasteiger partial charge on any atom is -0.508 e. The number of aromatic nitrogens is 2. The summed E-state index contributed by atoms with van der Waals surface area (Å²) in [5, 5.41) is 25.4. The lowest BCUT2D eigenvalue weighted by atomic mass is 10.0. The van der Waals surface area contributed by atoms with Crippen LogP contribution < -0.4 is 19.1 Å². The van der Waals surface area contributed by atoms with E-state index in [4.69, 9.17) is 18.8 Å². The molecule has 0 aliphatic heterocycles. The fourth-order valence-corrected chi connectivity index (χ4v) is 2.52. The number of phenolic OH excluding ortho intramolecular Hbond substituents is 1. The third kappa shape index (κ3) is 2.89. The van der Waals surface area contributed by atoms with E-state index in [1.807, 2.05) is 0 Å². The van der Waals surface area contributed by atoms with Crippen LogP contribution in [0.1, 0.15) is 0 Å². The summed E-state index contributed by atoms with van der Waals surface area (Å²) >= 11 is 0. The third-order valence-electron chi connectivity index (χ3n) is 3.69. The van der Waals surface area contributed by atoms with Crippen LogP contribution in [0.5, 0.6) is 23.0 Å². The smallest absolute Gasteiger partial charge is 0.256 e. The SMILES string of the molecule is COc1cc(-c2no[n+]([O-])c2-c2ccc(O)cc2)cc(OC)c1OC. The Morgan fingerprint density at radius 1 is 0.960 bits per heavy atom. The molecule has 0 fully saturated rings. The summed E-state index contributed by atoms with van der Waals surface area (Å²) in [6, 6.07) is 9.48. The van der Waals surface area contributed by atoms with Gasteiger partial charge in [-0.2, -0.15) is 0 Å². The zero-order valence-electron chi connectivity index (χ0n) is 13.8. The number of rotatable bonds is 5. The van der Waals surface area contributed by atoms with Crippen molar-refractivity contribution < 1.29 is 28.8 Å². The van der Waals surface area contributed by atoms with Crippen molar-refractivity contribution in [1.82, 2.24) is 5.16 Å². The average molecular weight is 344 g/mol. The molecule has 0 bridgehead atoms. The highest BCUT2D eigenvalue weighted by Gasteiger charge is 2.25. The maximum absolute atomic E-state index is 12.1. The van der Waals surface area contributed by atoms with Crippen molar-refractivity contribution in [3.05, 3.63) is 41.6 Å². The Kier molecular flexibility index (Phi) is 4.34. The number of methoxy groups -OCH3 is 3. The standard InChI is InChI=1S/C17H16N2O6/c1-22-13-8-11(9-14(23-2)17(13)24-3)15-16(19(21)25-18-15)10-4-6-12(20)7-5-10/h4-9,20H,1-3H3. The molecule has 0 atom stereocenters. The fraction of sp³-hybridized carbons (Fsp3) is 0.176. The molecule has 0 unspecified atom stereocenters. The first-order valence-electron chi connectivity index (χ1n) is 7.28. The number of benzene rings is 2. The molecule has 1 aromatic heterocycles. The van der Waals surface area contributed by atoms with E-state index in [0.29, 0.717) is 39.0 Å². The molecule has 0 saturated carbocycles. The summed E-state index contributed by atoms with van der Waals surface area (Å²) in [4.78, 5) is 0.310. The zero-order chi connectivity index (χ0) is 18.0. The Morgan fingerprint density at radius 3 is 2.08 bits per heavy atom. The van der Waals surface area contributed by atoms with Gasteiger partial charge in [-0.15, -0.1) is 0 Å². The molecule has 0 amide bonds. The molecule has 130 valence electrons. The summed E-state index contributed by atoms with van der Waals surface area (Å²) in [6.07, 6.45) is 0. The second kappa shape index (κ2) is 6.60. The third-order valence-corrected chi connectivity index (χ3v) is 3.69. The molecule has 0 aliphatic carbocycles. The lowest BCUT2D eigenvalue weighted by Gasteiger charge is -2.12. The van der Waals surface area contributed by atoms with Gasteiger partial charge in [0.15, 0.2) is 11.5 Å². The summed E-state index contributed by atoms with van der Waals surface area (Å²) in [6.45, 7) is 0. The van der Waals surface area contributed by atoms with Crippen LogP contribution in [0.25, 0.3) is 22.5 Å². The van der Waals surface area contributed by atoms with Gasteiger partial charge in [0.05, 0.1) is 21.3 Å². The highest BCUT2D eigenvalue weighted by molar-refractivity contribution is 5.78. The lowest BCUT2D eigenvalue weighted by Crippen LogP contribution is -2.25. The minimum atomic E-state index is 0.0898. The van der Waals surface area contributed by atoms with E-state index in [1.165, 1.54) is 33.5 Å². The summed E-state index contributed by atoms with van der Waals surface area (Å²) < 4.78 is 20.7. The maximum Gasteiger partial charge on any atom is 0.256 e. The molecular weight excluding hydrogens is 328 g/mol. The monoisotopic (exact) mass is 344 g/mol. The number of ether oxygens (including phenoxy) is 3. The number of hydrogen-bond acceptors (Lipinski definition) is 7. The first-order chi connectivity index (χ1) is 12.1. The molecule has 8 nitrogen and oxygen atoms in total. The minimum absolute atomic E-state index is 0.0898. The Hall–Kier alpha value is -3.42. The largest absolute Gasteiger partial charge is 0.508 e. The van der Waals surface area contributed by atoms with Crippen LogP contribution in [-0.4, -0.2) is 31.6 Å². The number of hydrogen-bond donors (Lipinski definition) is 1. The summed E-state index contributed by atoms with van der Waals surface area (Å²) in [5.41, 5.74) is 1.60. The molecule has 0 saturated heterocycles. The highest BCUT2D eigenvalue weighted by Crippen LogP contribution is 2.42. The first-order valence-corrected chi connectivity index (χ1v) is 7.28. The van der Waals surface area contributed by atoms with Gasteiger partial charge in [-0.1, -0.05) is 0 Å². The molecule has 0 aliphatic rings. The van der Waals surface area contributed by atoms with E-state index in [9.17, 15) is 10.3 Å². The fourth-order valence-electron chi connectivity index (χ4n) is 2.52.